The molecular weight excluding hydrogens is 374 g/mol. The van der Waals surface area contributed by atoms with Crippen LogP contribution in [-0.4, -0.2) is 27.2 Å². The number of ether oxygens (including phenoxy) is 3. The number of carbonyl (C=O) groups excluding carboxylic acids is 1. The second kappa shape index (κ2) is 8.06. The van der Waals surface area contributed by atoms with Crippen LogP contribution in [-0.2, 0) is 6.54 Å². The number of halogens is 1. The Hall–Kier alpha value is -2.21. The average Bonchev–Trinajstić information content (AvgIpc) is 2.58. The highest BCUT2D eigenvalue weighted by atomic mass is 79.9. The van der Waals surface area contributed by atoms with E-state index in [1.165, 1.54) is 0 Å². The van der Waals surface area contributed by atoms with Crippen LogP contribution >= 0.6 is 15.9 Å². The van der Waals surface area contributed by atoms with Gasteiger partial charge in [-0.05, 0) is 36.8 Å². The fraction of sp³-hybridized carbons (Fsp3) is 0.278. The molecule has 0 heterocycles. The molecular formula is C18H20BrNO4. The number of hydrogen-bond donors (Lipinski definition) is 1. The molecule has 0 bridgehead atoms. The van der Waals surface area contributed by atoms with Crippen molar-refractivity contribution in [2.45, 2.75) is 13.5 Å². The van der Waals surface area contributed by atoms with Gasteiger partial charge in [-0.25, -0.2) is 0 Å². The minimum absolute atomic E-state index is 0.142. The maximum absolute atomic E-state index is 12.4. The van der Waals surface area contributed by atoms with Gasteiger partial charge in [0.2, 0.25) is 0 Å². The Morgan fingerprint density at radius 2 is 1.62 bits per heavy atom. The van der Waals surface area contributed by atoms with Crippen molar-refractivity contribution in [2.75, 3.05) is 21.3 Å². The van der Waals surface area contributed by atoms with Crippen LogP contribution in [0.3, 0.4) is 0 Å². The van der Waals surface area contributed by atoms with E-state index in [0.717, 1.165) is 15.6 Å². The fourth-order valence-electron chi connectivity index (χ4n) is 2.38. The van der Waals surface area contributed by atoms with E-state index in [9.17, 15) is 4.79 Å². The third-order valence-electron chi connectivity index (χ3n) is 3.66. The van der Waals surface area contributed by atoms with Gasteiger partial charge in [0.1, 0.15) is 5.75 Å². The number of carbonyl (C=O) groups is 1. The number of aryl methyl sites for hydroxylation is 1. The minimum atomic E-state index is -0.142. The first-order valence-electron chi connectivity index (χ1n) is 7.33. The van der Waals surface area contributed by atoms with Crippen LogP contribution in [0.15, 0.2) is 34.8 Å². The molecule has 5 nitrogen and oxygen atoms in total. The molecule has 128 valence electrons. The Kier molecular flexibility index (Phi) is 6.09. The SMILES string of the molecule is COc1cc(OC)c(OC)cc1CNC(=O)c1ccc(Br)cc1C. The molecule has 0 saturated heterocycles. The number of hydrogen-bond acceptors (Lipinski definition) is 4. The van der Waals surface area contributed by atoms with Crippen LogP contribution in [0.25, 0.3) is 0 Å². The highest BCUT2D eigenvalue weighted by Gasteiger charge is 2.14. The summed E-state index contributed by atoms with van der Waals surface area (Å²) in [5.74, 6) is 1.65. The third-order valence-corrected chi connectivity index (χ3v) is 4.15. The monoisotopic (exact) mass is 393 g/mol. The van der Waals surface area contributed by atoms with Crippen LogP contribution in [0, 0.1) is 6.92 Å². The van der Waals surface area contributed by atoms with Crippen molar-refractivity contribution in [2.24, 2.45) is 0 Å². The van der Waals surface area contributed by atoms with Gasteiger partial charge in [-0.1, -0.05) is 15.9 Å². The molecule has 0 atom stereocenters. The number of rotatable bonds is 6. The van der Waals surface area contributed by atoms with Gasteiger partial charge in [0.05, 0.1) is 21.3 Å². The van der Waals surface area contributed by atoms with Gasteiger partial charge in [0.15, 0.2) is 11.5 Å². The Bertz CT molecular complexity index is 746. The molecule has 2 rings (SSSR count). The molecule has 1 amide bonds. The minimum Gasteiger partial charge on any atom is -0.496 e. The molecule has 0 aromatic heterocycles. The first-order valence-corrected chi connectivity index (χ1v) is 8.12. The Morgan fingerprint density at radius 1 is 1.00 bits per heavy atom. The van der Waals surface area contributed by atoms with E-state index >= 15 is 0 Å². The molecule has 6 heteroatoms. The molecule has 0 unspecified atom stereocenters. The molecule has 0 radical (unpaired) electrons. The topological polar surface area (TPSA) is 56.8 Å². The number of amides is 1. The van der Waals surface area contributed by atoms with Gasteiger partial charge in [0.25, 0.3) is 5.91 Å². The summed E-state index contributed by atoms with van der Waals surface area (Å²) >= 11 is 3.40. The van der Waals surface area contributed by atoms with Crippen molar-refractivity contribution in [1.82, 2.24) is 5.32 Å². The van der Waals surface area contributed by atoms with Crippen LogP contribution in [0.2, 0.25) is 0 Å². The van der Waals surface area contributed by atoms with E-state index in [1.54, 1.807) is 39.5 Å². The summed E-state index contributed by atoms with van der Waals surface area (Å²) in [7, 11) is 4.71. The Morgan fingerprint density at radius 3 is 2.21 bits per heavy atom. The lowest BCUT2D eigenvalue weighted by molar-refractivity contribution is 0.0950. The summed E-state index contributed by atoms with van der Waals surface area (Å²) in [5, 5.41) is 2.91. The maximum Gasteiger partial charge on any atom is 0.251 e. The number of methoxy groups -OCH3 is 3. The van der Waals surface area contributed by atoms with E-state index in [1.807, 2.05) is 19.1 Å². The summed E-state index contributed by atoms with van der Waals surface area (Å²) in [4.78, 5) is 12.4. The van der Waals surface area contributed by atoms with E-state index in [2.05, 4.69) is 21.2 Å². The van der Waals surface area contributed by atoms with E-state index in [-0.39, 0.29) is 5.91 Å². The summed E-state index contributed by atoms with van der Waals surface area (Å²) < 4.78 is 16.9. The van der Waals surface area contributed by atoms with Gasteiger partial charge in [-0.15, -0.1) is 0 Å². The zero-order valence-electron chi connectivity index (χ0n) is 14.1. The van der Waals surface area contributed by atoms with Gasteiger partial charge in [0, 0.05) is 28.2 Å². The van der Waals surface area contributed by atoms with E-state index in [0.29, 0.717) is 29.4 Å². The fourth-order valence-corrected chi connectivity index (χ4v) is 2.86. The molecule has 0 fully saturated rings. The van der Waals surface area contributed by atoms with Crippen molar-refractivity contribution >= 4 is 21.8 Å². The second-order valence-electron chi connectivity index (χ2n) is 5.16. The van der Waals surface area contributed by atoms with Gasteiger partial charge in [-0.2, -0.15) is 0 Å². The van der Waals surface area contributed by atoms with Gasteiger partial charge in [-0.3, -0.25) is 4.79 Å². The summed E-state index contributed by atoms with van der Waals surface area (Å²) in [6.07, 6.45) is 0. The van der Waals surface area contributed by atoms with Crippen molar-refractivity contribution < 1.29 is 19.0 Å². The molecule has 0 aliphatic carbocycles. The van der Waals surface area contributed by atoms with Crippen LogP contribution < -0.4 is 19.5 Å². The summed E-state index contributed by atoms with van der Waals surface area (Å²) in [5.41, 5.74) is 2.34. The molecule has 0 saturated carbocycles. The van der Waals surface area contributed by atoms with Crippen molar-refractivity contribution in [3.8, 4) is 17.2 Å². The summed E-state index contributed by atoms with van der Waals surface area (Å²) in [6, 6.07) is 9.09. The molecule has 0 spiro atoms. The third kappa shape index (κ3) is 4.00. The largest absolute Gasteiger partial charge is 0.496 e. The van der Waals surface area contributed by atoms with Crippen LogP contribution in [0.5, 0.6) is 17.2 Å². The Balaban J connectivity index is 2.20. The zero-order chi connectivity index (χ0) is 17.7. The molecule has 0 aliphatic heterocycles. The summed E-state index contributed by atoms with van der Waals surface area (Å²) in [6.45, 7) is 2.22. The lowest BCUT2D eigenvalue weighted by Crippen LogP contribution is -2.24. The number of nitrogens with one attached hydrogen (secondary N) is 1. The molecule has 2 aromatic carbocycles. The predicted octanol–water partition coefficient (Wildman–Crippen LogP) is 3.71. The van der Waals surface area contributed by atoms with E-state index < -0.39 is 0 Å². The highest BCUT2D eigenvalue weighted by molar-refractivity contribution is 9.10. The highest BCUT2D eigenvalue weighted by Crippen LogP contribution is 2.34. The standard InChI is InChI=1S/C18H20BrNO4/c1-11-7-13(19)5-6-14(11)18(21)20-10-12-8-16(23-3)17(24-4)9-15(12)22-2/h5-9H,10H2,1-4H3,(H,20,21). The van der Waals surface area contributed by atoms with Crippen molar-refractivity contribution in [3.63, 3.8) is 0 Å². The normalized spacial score (nSPS) is 10.2. The lowest BCUT2D eigenvalue weighted by atomic mass is 10.1. The Labute approximate surface area is 150 Å². The average molecular weight is 394 g/mol. The smallest absolute Gasteiger partial charge is 0.251 e. The first kappa shape index (κ1) is 18.1. The molecule has 1 N–H and O–H groups in total. The van der Waals surface area contributed by atoms with Crippen molar-refractivity contribution in [3.05, 3.63) is 51.5 Å². The lowest BCUT2D eigenvalue weighted by Gasteiger charge is -2.15. The van der Waals surface area contributed by atoms with Crippen molar-refractivity contribution in [1.29, 1.82) is 0 Å². The van der Waals surface area contributed by atoms with Gasteiger partial charge < -0.3 is 19.5 Å². The maximum atomic E-state index is 12.4. The molecule has 0 aliphatic rings. The van der Waals surface area contributed by atoms with Crippen LogP contribution in [0.1, 0.15) is 21.5 Å². The second-order valence-corrected chi connectivity index (χ2v) is 6.08. The molecule has 2 aromatic rings. The molecule has 24 heavy (non-hydrogen) atoms. The van der Waals surface area contributed by atoms with Crippen LogP contribution in [0.4, 0.5) is 0 Å². The predicted molar refractivity (Wildman–Crippen MR) is 96.1 cm³/mol. The first-order chi connectivity index (χ1) is 11.5. The number of benzene rings is 2. The van der Waals surface area contributed by atoms with E-state index in [4.69, 9.17) is 14.2 Å². The quantitative estimate of drug-likeness (QED) is 0.812. The zero-order valence-corrected chi connectivity index (χ0v) is 15.7. The van der Waals surface area contributed by atoms with Gasteiger partial charge >= 0.3 is 0 Å².